The fourth-order valence-corrected chi connectivity index (χ4v) is 2.41. The van der Waals surface area contributed by atoms with Crippen molar-refractivity contribution in [1.29, 1.82) is 0 Å². The summed E-state index contributed by atoms with van der Waals surface area (Å²) in [7, 11) is 1.85. The van der Waals surface area contributed by atoms with Gasteiger partial charge in [0.1, 0.15) is 5.82 Å². The predicted molar refractivity (Wildman–Crippen MR) is 96.6 cm³/mol. The average molecular weight is 336 g/mol. The quantitative estimate of drug-likeness (QED) is 0.584. The Bertz CT molecular complexity index is 544. The minimum absolute atomic E-state index is 0.0817. The van der Waals surface area contributed by atoms with E-state index in [9.17, 15) is 9.18 Å². The number of aliphatic imine (C=N–C) groups is 1. The molecular weight excluding hydrogens is 307 g/mol. The van der Waals surface area contributed by atoms with E-state index in [-0.39, 0.29) is 18.3 Å². The lowest BCUT2D eigenvalue weighted by Crippen LogP contribution is -2.45. The second-order valence-corrected chi connectivity index (χ2v) is 5.54. The minimum Gasteiger partial charge on any atom is -0.357 e. The Morgan fingerprint density at radius 3 is 2.54 bits per heavy atom. The van der Waals surface area contributed by atoms with Crippen molar-refractivity contribution < 1.29 is 9.18 Å². The number of rotatable bonds is 8. The number of guanidine groups is 1. The molecule has 5 nitrogen and oxygen atoms in total. The number of carbonyl (C=O) groups excluding carboxylic acids is 1. The van der Waals surface area contributed by atoms with Crippen molar-refractivity contribution >= 4 is 11.9 Å². The molecule has 0 bridgehead atoms. The van der Waals surface area contributed by atoms with Crippen LogP contribution in [0.4, 0.5) is 4.39 Å². The van der Waals surface area contributed by atoms with Crippen LogP contribution in [0.2, 0.25) is 0 Å². The maximum absolute atomic E-state index is 13.2. The summed E-state index contributed by atoms with van der Waals surface area (Å²) < 4.78 is 13.2. The van der Waals surface area contributed by atoms with Gasteiger partial charge < -0.3 is 15.1 Å². The smallest absolute Gasteiger partial charge is 0.242 e. The largest absolute Gasteiger partial charge is 0.357 e. The first-order valence-electron chi connectivity index (χ1n) is 8.53. The van der Waals surface area contributed by atoms with E-state index in [4.69, 9.17) is 0 Å². The van der Waals surface area contributed by atoms with Gasteiger partial charge in [0.15, 0.2) is 5.96 Å². The minimum atomic E-state index is -0.231. The third-order valence-electron chi connectivity index (χ3n) is 3.74. The second-order valence-electron chi connectivity index (χ2n) is 5.54. The molecule has 0 aliphatic rings. The van der Waals surface area contributed by atoms with E-state index >= 15 is 0 Å². The molecule has 0 saturated heterocycles. The first kappa shape index (κ1) is 19.9. The number of nitrogens with zero attached hydrogens (tertiary/aromatic N) is 3. The zero-order valence-corrected chi connectivity index (χ0v) is 15.2. The van der Waals surface area contributed by atoms with Crippen molar-refractivity contribution in [1.82, 2.24) is 15.1 Å². The van der Waals surface area contributed by atoms with Gasteiger partial charge in [-0.2, -0.15) is 0 Å². The lowest BCUT2D eigenvalue weighted by atomic mass is 10.1. The highest BCUT2D eigenvalue weighted by Crippen LogP contribution is 2.04. The van der Waals surface area contributed by atoms with Crippen LogP contribution in [0.3, 0.4) is 0 Å². The Morgan fingerprint density at radius 1 is 1.25 bits per heavy atom. The summed E-state index contributed by atoms with van der Waals surface area (Å²) in [5.74, 6) is 0.540. The average Bonchev–Trinajstić information content (AvgIpc) is 2.55. The monoisotopic (exact) mass is 336 g/mol. The van der Waals surface area contributed by atoms with E-state index in [1.54, 1.807) is 11.0 Å². The summed E-state index contributed by atoms with van der Waals surface area (Å²) in [6.07, 6.45) is 0.657. The SMILES string of the molecule is CCNC(=NCCc1cccc(F)c1)N(C)CC(=O)N(CC)CC. The molecule has 0 atom stereocenters. The molecule has 0 unspecified atom stereocenters. The van der Waals surface area contributed by atoms with Crippen molar-refractivity contribution in [2.45, 2.75) is 27.2 Å². The Balaban J connectivity index is 2.65. The maximum atomic E-state index is 13.2. The third-order valence-corrected chi connectivity index (χ3v) is 3.74. The lowest BCUT2D eigenvalue weighted by Gasteiger charge is -2.25. The van der Waals surface area contributed by atoms with E-state index in [1.807, 2.05) is 38.8 Å². The van der Waals surface area contributed by atoms with E-state index in [1.165, 1.54) is 12.1 Å². The Labute approximate surface area is 144 Å². The highest BCUT2D eigenvalue weighted by molar-refractivity contribution is 5.86. The molecule has 1 amide bonds. The van der Waals surface area contributed by atoms with Crippen molar-refractivity contribution in [3.63, 3.8) is 0 Å². The van der Waals surface area contributed by atoms with Gasteiger partial charge in [-0.15, -0.1) is 0 Å². The van der Waals surface area contributed by atoms with Crippen LogP contribution < -0.4 is 5.32 Å². The molecular formula is C18H29FN4O. The van der Waals surface area contributed by atoms with Crippen LogP contribution in [0.15, 0.2) is 29.3 Å². The fraction of sp³-hybridized carbons (Fsp3) is 0.556. The van der Waals surface area contributed by atoms with Gasteiger partial charge in [-0.25, -0.2) is 4.39 Å². The third kappa shape index (κ3) is 6.56. The second kappa shape index (κ2) is 10.6. The Kier molecular flexibility index (Phi) is 8.83. The van der Waals surface area contributed by atoms with Crippen LogP contribution in [-0.2, 0) is 11.2 Å². The first-order valence-corrected chi connectivity index (χ1v) is 8.53. The van der Waals surface area contributed by atoms with Crippen LogP contribution in [-0.4, -0.2) is 61.4 Å². The highest BCUT2D eigenvalue weighted by Gasteiger charge is 2.14. The summed E-state index contributed by atoms with van der Waals surface area (Å²) in [5.41, 5.74) is 0.913. The fourth-order valence-electron chi connectivity index (χ4n) is 2.41. The standard InChI is InChI=1S/C18H29FN4O/c1-5-20-18(22(4)14-17(24)23(6-2)7-3)21-12-11-15-9-8-10-16(19)13-15/h8-10,13H,5-7,11-12,14H2,1-4H3,(H,20,21). The molecule has 0 aromatic heterocycles. The molecule has 0 aliphatic heterocycles. The number of nitrogens with one attached hydrogen (secondary N) is 1. The van der Waals surface area contributed by atoms with Crippen LogP contribution >= 0.6 is 0 Å². The zero-order chi connectivity index (χ0) is 17.9. The maximum Gasteiger partial charge on any atom is 0.242 e. The molecule has 1 rings (SSSR count). The number of hydrogen-bond donors (Lipinski definition) is 1. The van der Waals surface area contributed by atoms with Gasteiger partial charge >= 0.3 is 0 Å². The highest BCUT2D eigenvalue weighted by atomic mass is 19.1. The Morgan fingerprint density at radius 2 is 1.96 bits per heavy atom. The van der Waals surface area contributed by atoms with Gasteiger partial charge in [-0.1, -0.05) is 12.1 Å². The molecule has 0 radical (unpaired) electrons. The van der Waals surface area contributed by atoms with Crippen LogP contribution in [0, 0.1) is 5.82 Å². The first-order chi connectivity index (χ1) is 11.5. The molecule has 1 aromatic rings. The van der Waals surface area contributed by atoms with Crippen molar-refractivity contribution in [3.8, 4) is 0 Å². The van der Waals surface area contributed by atoms with Gasteiger partial charge in [-0.3, -0.25) is 9.79 Å². The summed E-state index contributed by atoms with van der Waals surface area (Å²) in [6.45, 7) is 8.89. The van der Waals surface area contributed by atoms with Crippen molar-refractivity contribution in [3.05, 3.63) is 35.6 Å². The molecule has 24 heavy (non-hydrogen) atoms. The van der Waals surface area contributed by atoms with E-state index < -0.39 is 0 Å². The molecule has 6 heteroatoms. The summed E-state index contributed by atoms with van der Waals surface area (Å²) in [5, 5.41) is 3.19. The van der Waals surface area contributed by atoms with Gasteiger partial charge in [0.2, 0.25) is 5.91 Å². The van der Waals surface area contributed by atoms with E-state index in [0.717, 1.165) is 12.1 Å². The normalized spacial score (nSPS) is 11.3. The number of halogens is 1. The molecule has 0 aliphatic carbocycles. The molecule has 1 N–H and O–H groups in total. The summed E-state index contributed by atoms with van der Waals surface area (Å²) in [4.78, 5) is 20.4. The molecule has 0 fully saturated rings. The molecule has 1 aromatic carbocycles. The van der Waals surface area contributed by atoms with Crippen molar-refractivity contribution in [2.75, 3.05) is 39.8 Å². The molecule has 134 valence electrons. The number of likely N-dealkylation sites (N-methyl/N-ethyl adjacent to an activating group) is 2. The number of hydrogen-bond acceptors (Lipinski definition) is 2. The Hall–Kier alpha value is -2.11. The van der Waals surface area contributed by atoms with E-state index in [0.29, 0.717) is 32.0 Å². The van der Waals surface area contributed by atoms with Gasteiger partial charge in [0.05, 0.1) is 6.54 Å². The summed E-state index contributed by atoms with van der Waals surface area (Å²) >= 11 is 0. The lowest BCUT2D eigenvalue weighted by molar-refractivity contribution is -0.131. The van der Waals surface area contributed by atoms with Crippen LogP contribution in [0.5, 0.6) is 0 Å². The van der Waals surface area contributed by atoms with Gasteiger partial charge in [0, 0.05) is 33.2 Å². The zero-order valence-electron chi connectivity index (χ0n) is 15.2. The van der Waals surface area contributed by atoms with Gasteiger partial charge in [-0.05, 0) is 44.9 Å². The number of amides is 1. The number of benzene rings is 1. The molecule has 0 heterocycles. The van der Waals surface area contributed by atoms with Crippen molar-refractivity contribution in [2.24, 2.45) is 4.99 Å². The number of carbonyl (C=O) groups is 1. The topological polar surface area (TPSA) is 47.9 Å². The van der Waals surface area contributed by atoms with E-state index in [2.05, 4.69) is 10.3 Å². The van der Waals surface area contributed by atoms with Gasteiger partial charge in [0.25, 0.3) is 0 Å². The summed E-state index contributed by atoms with van der Waals surface area (Å²) in [6, 6.07) is 6.55. The molecule has 0 spiro atoms. The van der Waals surface area contributed by atoms with Crippen LogP contribution in [0.1, 0.15) is 26.3 Å². The van der Waals surface area contributed by atoms with Crippen LogP contribution in [0.25, 0.3) is 0 Å². The predicted octanol–water partition coefficient (Wildman–Crippen LogP) is 2.13. The molecule has 0 saturated carbocycles.